The Morgan fingerprint density at radius 2 is 1.73 bits per heavy atom. The summed E-state index contributed by atoms with van der Waals surface area (Å²) in [5, 5.41) is 9.58. The number of carbonyl (C=O) groups excluding carboxylic acids is 1. The quantitative estimate of drug-likeness (QED) is 0.876. The lowest BCUT2D eigenvalue weighted by Gasteiger charge is -2.37. The molecule has 142 valence electrons. The number of piperazine rings is 1. The number of carboxylic acid groups (broad SMARTS) is 1. The highest BCUT2D eigenvalue weighted by atomic mass is 16.4. The molecule has 1 N–H and O–H groups in total. The Morgan fingerprint density at radius 3 is 2.27 bits per heavy atom. The van der Waals surface area contributed by atoms with Gasteiger partial charge >= 0.3 is 6.09 Å². The van der Waals surface area contributed by atoms with Crippen molar-refractivity contribution in [2.75, 3.05) is 37.6 Å². The van der Waals surface area contributed by atoms with Gasteiger partial charge in [0.25, 0.3) is 0 Å². The second kappa shape index (κ2) is 7.66. The molecule has 2 fully saturated rings. The van der Waals surface area contributed by atoms with Gasteiger partial charge in [-0.25, -0.2) is 9.69 Å². The van der Waals surface area contributed by atoms with Gasteiger partial charge in [0.15, 0.2) is 0 Å². The largest absolute Gasteiger partial charge is 0.465 e. The van der Waals surface area contributed by atoms with Gasteiger partial charge in [-0.05, 0) is 31.4 Å². The molecule has 26 heavy (non-hydrogen) atoms. The van der Waals surface area contributed by atoms with Crippen LogP contribution in [0.4, 0.5) is 10.5 Å². The summed E-state index contributed by atoms with van der Waals surface area (Å²) in [5.41, 5.74) is 0.723. The zero-order valence-electron chi connectivity index (χ0n) is 15.7. The van der Waals surface area contributed by atoms with Crippen molar-refractivity contribution in [3.05, 3.63) is 30.3 Å². The summed E-state index contributed by atoms with van der Waals surface area (Å²) < 4.78 is 0. The first-order valence-electron chi connectivity index (χ1n) is 9.59. The number of likely N-dealkylation sites (tertiary alicyclic amines) is 1. The zero-order valence-corrected chi connectivity index (χ0v) is 15.7. The Bertz CT molecular complexity index is 637. The minimum absolute atomic E-state index is 0.206. The lowest BCUT2D eigenvalue weighted by atomic mass is 9.79. The fourth-order valence-corrected chi connectivity index (χ4v) is 4.41. The summed E-state index contributed by atoms with van der Waals surface area (Å²) in [5.74, 6) is -0.206. The van der Waals surface area contributed by atoms with Crippen molar-refractivity contribution in [1.82, 2.24) is 9.80 Å². The van der Waals surface area contributed by atoms with E-state index in [0.29, 0.717) is 25.8 Å². The van der Waals surface area contributed by atoms with E-state index in [-0.39, 0.29) is 11.9 Å². The number of carbonyl (C=O) groups is 2. The van der Waals surface area contributed by atoms with Crippen LogP contribution in [0.5, 0.6) is 0 Å². The maximum atomic E-state index is 12.7. The number of hydrogen-bond acceptors (Lipinski definition) is 4. The summed E-state index contributed by atoms with van der Waals surface area (Å²) in [4.78, 5) is 30.2. The molecule has 0 unspecified atom stereocenters. The lowest BCUT2D eigenvalue weighted by Crippen LogP contribution is -2.51. The predicted molar refractivity (Wildman–Crippen MR) is 101 cm³/mol. The van der Waals surface area contributed by atoms with Crippen LogP contribution < -0.4 is 4.90 Å². The molecule has 3 rings (SSSR count). The number of nitrogens with zero attached hydrogens (tertiary/aromatic N) is 3. The van der Waals surface area contributed by atoms with Crippen LogP contribution in [0, 0.1) is 5.41 Å². The highest BCUT2D eigenvalue weighted by molar-refractivity contribution is 5.97. The van der Waals surface area contributed by atoms with E-state index in [1.807, 2.05) is 32.0 Å². The van der Waals surface area contributed by atoms with Gasteiger partial charge in [0, 0.05) is 38.4 Å². The summed E-state index contributed by atoms with van der Waals surface area (Å²) >= 11 is 0. The number of imide groups is 1. The van der Waals surface area contributed by atoms with Crippen molar-refractivity contribution >= 4 is 17.7 Å². The molecule has 2 aliphatic heterocycles. The van der Waals surface area contributed by atoms with Gasteiger partial charge in [-0.1, -0.05) is 32.0 Å². The van der Waals surface area contributed by atoms with E-state index in [9.17, 15) is 14.7 Å². The van der Waals surface area contributed by atoms with Gasteiger partial charge in [0.05, 0.1) is 11.5 Å². The summed E-state index contributed by atoms with van der Waals surface area (Å²) in [6.07, 6.45) is 0.936. The van der Waals surface area contributed by atoms with Gasteiger partial charge in [-0.2, -0.15) is 0 Å². The number of benzene rings is 1. The molecule has 0 radical (unpaired) electrons. The van der Waals surface area contributed by atoms with E-state index >= 15 is 0 Å². The van der Waals surface area contributed by atoms with Gasteiger partial charge in [-0.3, -0.25) is 9.69 Å². The van der Waals surface area contributed by atoms with E-state index in [4.69, 9.17) is 0 Å². The van der Waals surface area contributed by atoms with Crippen LogP contribution >= 0.6 is 0 Å². The van der Waals surface area contributed by atoms with Crippen molar-refractivity contribution in [1.29, 1.82) is 0 Å². The molecule has 6 heteroatoms. The molecule has 2 amide bonds. The zero-order chi connectivity index (χ0) is 18.7. The molecule has 1 aromatic rings. The second-order valence-electron chi connectivity index (χ2n) is 7.43. The van der Waals surface area contributed by atoms with E-state index < -0.39 is 11.5 Å². The molecule has 0 aliphatic carbocycles. The number of para-hydroxylation sites is 1. The van der Waals surface area contributed by atoms with Gasteiger partial charge in [0.1, 0.15) is 0 Å². The predicted octanol–water partition coefficient (Wildman–Crippen LogP) is 2.89. The minimum Gasteiger partial charge on any atom is -0.465 e. The van der Waals surface area contributed by atoms with Crippen molar-refractivity contribution < 1.29 is 14.7 Å². The number of amides is 2. The topological polar surface area (TPSA) is 64.1 Å². The molecule has 0 spiro atoms. The Morgan fingerprint density at radius 1 is 1.12 bits per heavy atom. The van der Waals surface area contributed by atoms with Crippen LogP contribution in [0.25, 0.3) is 0 Å². The normalized spacial score (nSPS) is 23.5. The average molecular weight is 359 g/mol. The standard InChI is InChI=1S/C20H29N3O3/c1-3-20(4-2)14-17(23(18(20)24)19(25)26)15-21-10-12-22(13-11-21)16-8-6-5-7-9-16/h5-9,17H,3-4,10-15H2,1-2H3,(H,25,26)/t17-/m1/s1. The van der Waals surface area contributed by atoms with Crippen molar-refractivity contribution in [2.24, 2.45) is 5.41 Å². The number of hydrogen-bond donors (Lipinski definition) is 1. The molecule has 6 nitrogen and oxygen atoms in total. The molecule has 0 aromatic heterocycles. The van der Waals surface area contributed by atoms with Crippen molar-refractivity contribution in [2.45, 2.75) is 39.2 Å². The molecule has 0 saturated carbocycles. The second-order valence-corrected chi connectivity index (χ2v) is 7.43. The van der Waals surface area contributed by atoms with Crippen LogP contribution in [0.2, 0.25) is 0 Å². The molecular formula is C20H29N3O3. The van der Waals surface area contributed by atoms with Crippen LogP contribution in [-0.2, 0) is 4.79 Å². The van der Waals surface area contributed by atoms with Gasteiger partial charge in [0.2, 0.25) is 5.91 Å². The fourth-order valence-electron chi connectivity index (χ4n) is 4.41. The van der Waals surface area contributed by atoms with Crippen molar-refractivity contribution in [3.8, 4) is 0 Å². The maximum absolute atomic E-state index is 12.7. The summed E-state index contributed by atoms with van der Waals surface area (Å²) in [6.45, 7) is 8.23. The fraction of sp³-hybridized carbons (Fsp3) is 0.600. The first kappa shape index (κ1) is 18.7. The number of anilines is 1. The molecular weight excluding hydrogens is 330 g/mol. The Labute approximate surface area is 155 Å². The highest BCUT2D eigenvalue weighted by Gasteiger charge is 2.52. The lowest BCUT2D eigenvalue weighted by molar-refractivity contribution is -0.135. The molecule has 2 aliphatic rings. The Hall–Kier alpha value is -2.08. The maximum Gasteiger partial charge on any atom is 0.414 e. The molecule has 1 atom stereocenters. The van der Waals surface area contributed by atoms with E-state index in [1.165, 1.54) is 5.69 Å². The minimum atomic E-state index is -1.10. The summed E-state index contributed by atoms with van der Waals surface area (Å²) in [7, 11) is 0. The third kappa shape index (κ3) is 3.43. The van der Waals surface area contributed by atoms with Gasteiger partial charge in [-0.15, -0.1) is 0 Å². The van der Waals surface area contributed by atoms with E-state index in [1.54, 1.807) is 0 Å². The molecule has 1 aromatic carbocycles. The van der Waals surface area contributed by atoms with E-state index in [2.05, 4.69) is 21.9 Å². The SMILES string of the molecule is CCC1(CC)C[C@H](CN2CCN(c3ccccc3)CC2)N(C(=O)O)C1=O. The third-order valence-electron chi connectivity index (χ3n) is 6.19. The van der Waals surface area contributed by atoms with Gasteiger partial charge < -0.3 is 10.0 Å². The Kier molecular flexibility index (Phi) is 5.51. The van der Waals surface area contributed by atoms with Crippen LogP contribution in [0.15, 0.2) is 30.3 Å². The number of rotatable bonds is 5. The molecule has 2 saturated heterocycles. The molecule has 2 heterocycles. The van der Waals surface area contributed by atoms with Crippen LogP contribution in [0.1, 0.15) is 33.1 Å². The first-order chi connectivity index (χ1) is 12.5. The molecule has 0 bridgehead atoms. The summed E-state index contributed by atoms with van der Waals surface area (Å²) in [6, 6.07) is 10.1. The van der Waals surface area contributed by atoms with Crippen LogP contribution in [0.3, 0.4) is 0 Å². The monoisotopic (exact) mass is 359 g/mol. The third-order valence-corrected chi connectivity index (χ3v) is 6.19. The smallest absolute Gasteiger partial charge is 0.414 e. The Balaban J connectivity index is 1.63. The first-order valence-corrected chi connectivity index (χ1v) is 9.59. The average Bonchev–Trinajstić information content (AvgIpc) is 2.95. The van der Waals surface area contributed by atoms with Crippen LogP contribution in [-0.4, -0.2) is 65.7 Å². The highest BCUT2D eigenvalue weighted by Crippen LogP contribution is 2.42. The van der Waals surface area contributed by atoms with E-state index in [0.717, 1.165) is 31.1 Å². The van der Waals surface area contributed by atoms with Crippen molar-refractivity contribution in [3.63, 3.8) is 0 Å².